The van der Waals surface area contributed by atoms with E-state index in [1.807, 2.05) is 57.4 Å². The number of Topliss-reactive ketones (excluding diaryl/α,β-unsaturated/α-hetero) is 1. The lowest BCUT2D eigenvalue weighted by atomic mass is 9.70. The lowest BCUT2D eigenvalue weighted by Crippen LogP contribution is -2.33. The maximum atomic E-state index is 13.1. The Morgan fingerprint density at radius 2 is 2.00 bits per heavy atom. The average molecular weight is 374 g/mol. The van der Waals surface area contributed by atoms with E-state index >= 15 is 0 Å². The second kappa shape index (κ2) is 6.38. The van der Waals surface area contributed by atoms with Gasteiger partial charge in [-0.1, -0.05) is 44.2 Å². The van der Waals surface area contributed by atoms with Crippen LogP contribution in [0.15, 0.2) is 59.3 Å². The van der Waals surface area contributed by atoms with Crippen LogP contribution in [-0.4, -0.2) is 15.6 Å². The van der Waals surface area contributed by atoms with Crippen molar-refractivity contribution in [1.82, 2.24) is 9.78 Å². The van der Waals surface area contributed by atoms with Gasteiger partial charge in [0.2, 0.25) is 5.88 Å². The molecule has 2 aromatic rings. The van der Waals surface area contributed by atoms with Crippen LogP contribution >= 0.6 is 0 Å². The van der Waals surface area contributed by atoms with Gasteiger partial charge in [-0.15, -0.1) is 0 Å². The smallest absolute Gasteiger partial charge is 0.205 e. The number of aromatic nitrogens is 2. The minimum atomic E-state index is -0.568. The fraction of sp³-hybridized carbons (Fsp3) is 0.318. The molecule has 1 aromatic heterocycles. The van der Waals surface area contributed by atoms with Crippen LogP contribution in [0.5, 0.6) is 0 Å². The number of benzene rings is 1. The first-order valence-electron chi connectivity index (χ1n) is 9.23. The number of carbonyl (C=O) groups is 1. The molecular weight excluding hydrogens is 352 g/mol. The van der Waals surface area contributed by atoms with Gasteiger partial charge in [0.25, 0.3) is 0 Å². The van der Waals surface area contributed by atoms with Gasteiger partial charge in [-0.05, 0) is 5.41 Å². The second-order valence-corrected chi connectivity index (χ2v) is 8.18. The third-order valence-corrected chi connectivity index (χ3v) is 5.29. The molecule has 2 aliphatic rings. The summed E-state index contributed by atoms with van der Waals surface area (Å²) < 4.78 is 7.47. The first-order chi connectivity index (χ1) is 13.3. The van der Waals surface area contributed by atoms with Crippen LogP contribution in [0.4, 0.5) is 0 Å². The van der Waals surface area contributed by atoms with Gasteiger partial charge in [0, 0.05) is 42.8 Å². The molecule has 1 aromatic carbocycles. The van der Waals surface area contributed by atoms with E-state index in [4.69, 9.17) is 10.5 Å². The molecular formula is C22H22N4O2. The van der Waals surface area contributed by atoms with Crippen LogP contribution in [-0.2, 0) is 16.6 Å². The molecule has 1 aliphatic carbocycles. The van der Waals surface area contributed by atoms with Gasteiger partial charge < -0.3 is 10.5 Å². The highest BCUT2D eigenvalue weighted by molar-refractivity contribution is 6.00. The molecule has 142 valence electrons. The summed E-state index contributed by atoms with van der Waals surface area (Å²) in [6.45, 7) is 4.07. The zero-order valence-electron chi connectivity index (χ0n) is 16.2. The van der Waals surface area contributed by atoms with Crippen LogP contribution in [0.25, 0.3) is 11.3 Å². The lowest BCUT2D eigenvalue weighted by Gasteiger charge is -2.37. The molecule has 4 rings (SSSR count). The number of ether oxygens (including phenoxy) is 1. The number of ketones is 1. The maximum Gasteiger partial charge on any atom is 0.205 e. The Bertz CT molecular complexity index is 1070. The second-order valence-electron chi connectivity index (χ2n) is 8.18. The molecule has 0 amide bonds. The number of aryl methyl sites for hydroxylation is 1. The molecule has 0 radical (unpaired) electrons. The predicted molar refractivity (Wildman–Crippen MR) is 104 cm³/mol. The zero-order chi connectivity index (χ0) is 20.1. The van der Waals surface area contributed by atoms with E-state index in [0.717, 1.165) is 16.8 Å². The molecule has 1 aliphatic heterocycles. The van der Waals surface area contributed by atoms with Crippen LogP contribution in [0.2, 0.25) is 0 Å². The number of allylic oxidation sites excluding steroid dienone is 3. The van der Waals surface area contributed by atoms with Crippen LogP contribution < -0.4 is 5.73 Å². The number of carbonyl (C=O) groups excluding carboxylic acids is 1. The molecule has 0 saturated carbocycles. The van der Waals surface area contributed by atoms with Gasteiger partial charge in [-0.3, -0.25) is 9.48 Å². The van der Waals surface area contributed by atoms with Crippen LogP contribution in [0.1, 0.15) is 38.2 Å². The first kappa shape index (κ1) is 18.1. The Morgan fingerprint density at radius 3 is 2.68 bits per heavy atom. The highest BCUT2D eigenvalue weighted by atomic mass is 16.5. The van der Waals surface area contributed by atoms with Crippen molar-refractivity contribution in [3.05, 3.63) is 64.9 Å². The molecule has 2 heterocycles. The Kier molecular flexibility index (Phi) is 4.11. The van der Waals surface area contributed by atoms with Crippen molar-refractivity contribution in [3.63, 3.8) is 0 Å². The summed E-state index contributed by atoms with van der Waals surface area (Å²) in [6, 6.07) is 11.9. The molecule has 28 heavy (non-hydrogen) atoms. The van der Waals surface area contributed by atoms with Crippen molar-refractivity contribution >= 4 is 5.78 Å². The largest absolute Gasteiger partial charge is 0.444 e. The van der Waals surface area contributed by atoms with E-state index in [0.29, 0.717) is 24.2 Å². The van der Waals surface area contributed by atoms with Gasteiger partial charge in [-0.25, -0.2) is 0 Å². The number of hydrogen-bond donors (Lipinski definition) is 1. The molecule has 0 bridgehead atoms. The van der Waals surface area contributed by atoms with E-state index < -0.39 is 5.92 Å². The monoisotopic (exact) mass is 374 g/mol. The van der Waals surface area contributed by atoms with E-state index in [2.05, 4.69) is 11.2 Å². The Labute approximate surface area is 163 Å². The van der Waals surface area contributed by atoms with Gasteiger partial charge in [0.15, 0.2) is 5.78 Å². The molecule has 1 atom stereocenters. The molecule has 0 saturated heterocycles. The summed E-state index contributed by atoms with van der Waals surface area (Å²) in [4.78, 5) is 13.1. The number of hydrogen-bond acceptors (Lipinski definition) is 5. The quantitative estimate of drug-likeness (QED) is 0.868. The number of rotatable bonds is 2. The topological polar surface area (TPSA) is 93.9 Å². The zero-order valence-corrected chi connectivity index (χ0v) is 16.2. The summed E-state index contributed by atoms with van der Waals surface area (Å²) in [7, 11) is 1.83. The van der Waals surface area contributed by atoms with Gasteiger partial charge >= 0.3 is 0 Å². The third-order valence-electron chi connectivity index (χ3n) is 5.29. The normalized spacial score (nSPS) is 21.2. The van der Waals surface area contributed by atoms with Crippen LogP contribution in [0.3, 0.4) is 0 Å². The highest BCUT2D eigenvalue weighted by Crippen LogP contribution is 2.49. The Balaban J connectivity index is 1.95. The fourth-order valence-electron chi connectivity index (χ4n) is 4.13. The van der Waals surface area contributed by atoms with Crippen molar-refractivity contribution in [2.75, 3.05) is 0 Å². The SMILES string of the molecule is Cn1cc([C@@H]2C(C#N)=C(N)OC3=C2C(=O)CC(C)(C)C3)c(-c2ccccc2)n1. The minimum Gasteiger partial charge on any atom is -0.444 e. The minimum absolute atomic E-state index is 0.000588. The molecule has 0 unspecified atom stereocenters. The fourth-order valence-corrected chi connectivity index (χ4v) is 4.13. The summed E-state index contributed by atoms with van der Waals surface area (Å²) in [6.07, 6.45) is 2.87. The molecule has 6 heteroatoms. The van der Waals surface area contributed by atoms with Crippen molar-refractivity contribution in [1.29, 1.82) is 5.26 Å². The molecule has 6 nitrogen and oxygen atoms in total. The summed E-state index contributed by atoms with van der Waals surface area (Å²) >= 11 is 0. The van der Waals surface area contributed by atoms with E-state index in [9.17, 15) is 10.1 Å². The lowest BCUT2D eigenvalue weighted by molar-refractivity contribution is -0.119. The van der Waals surface area contributed by atoms with E-state index in [1.54, 1.807) is 4.68 Å². The number of nitrogens with two attached hydrogens (primary N) is 1. The predicted octanol–water partition coefficient (Wildman–Crippen LogP) is 3.54. The van der Waals surface area contributed by atoms with E-state index in [1.165, 1.54) is 0 Å². The molecule has 0 fully saturated rings. The number of nitriles is 1. The Hall–Kier alpha value is -3.33. The summed E-state index contributed by atoms with van der Waals surface area (Å²) in [5.74, 6) is 0.0749. The third kappa shape index (κ3) is 2.89. The van der Waals surface area contributed by atoms with Gasteiger partial charge in [0.1, 0.15) is 17.4 Å². The van der Waals surface area contributed by atoms with Crippen molar-refractivity contribution < 1.29 is 9.53 Å². The van der Waals surface area contributed by atoms with Crippen molar-refractivity contribution in [2.24, 2.45) is 18.2 Å². The summed E-state index contributed by atoms with van der Waals surface area (Å²) in [5.41, 5.74) is 9.16. The maximum absolute atomic E-state index is 13.1. The molecule has 0 spiro atoms. The summed E-state index contributed by atoms with van der Waals surface area (Å²) in [5, 5.41) is 14.4. The van der Waals surface area contributed by atoms with Crippen molar-refractivity contribution in [2.45, 2.75) is 32.6 Å². The standard InChI is InChI=1S/C22H22N4O2/c1-22(2)9-16(27)19-17(10-22)28-21(24)14(11-23)18(19)15-12-26(3)25-20(15)13-7-5-4-6-8-13/h4-8,12,18H,9-10,24H2,1-3H3/t18-/m0/s1. The first-order valence-corrected chi connectivity index (χ1v) is 9.23. The van der Waals surface area contributed by atoms with Crippen LogP contribution in [0, 0.1) is 16.7 Å². The average Bonchev–Trinajstić information content (AvgIpc) is 3.01. The van der Waals surface area contributed by atoms with Crippen molar-refractivity contribution in [3.8, 4) is 17.3 Å². The molecule has 2 N–H and O–H groups in total. The number of nitrogens with zero attached hydrogens (tertiary/aromatic N) is 3. The van der Waals surface area contributed by atoms with Gasteiger partial charge in [0.05, 0.1) is 11.6 Å². The van der Waals surface area contributed by atoms with E-state index in [-0.39, 0.29) is 22.7 Å². The highest BCUT2D eigenvalue weighted by Gasteiger charge is 2.44. The van der Waals surface area contributed by atoms with Gasteiger partial charge in [-0.2, -0.15) is 10.4 Å². The Morgan fingerprint density at radius 1 is 1.29 bits per heavy atom.